The molecule has 2 rings (SSSR count). The van der Waals surface area contributed by atoms with Gasteiger partial charge in [-0.2, -0.15) is 0 Å². The van der Waals surface area contributed by atoms with E-state index in [9.17, 15) is 13.2 Å². The molecule has 0 unspecified atom stereocenters. The molecule has 112 valence electrons. The Labute approximate surface area is 135 Å². The number of sulfonamides is 1. The Morgan fingerprint density at radius 1 is 1.19 bits per heavy atom. The van der Waals surface area contributed by atoms with E-state index in [1.54, 1.807) is 18.2 Å². The third-order valence-corrected chi connectivity index (χ3v) is 5.48. The average Bonchev–Trinajstić information content (AvgIpc) is 2.68. The molecule has 5 nitrogen and oxygen atoms in total. The molecule has 0 aliphatic carbocycles. The fourth-order valence-corrected chi connectivity index (χ4v) is 4.78. The van der Waals surface area contributed by atoms with Gasteiger partial charge in [0.05, 0.1) is 10.0 Å². The van der Waals surface area contributed by atoms with Gasteiger partial charge in [-0.05, 0) is 24.3 Å². The van der Waals surface area contributed by atoms with E-state index in [2.05, 4.69) is 10.0 Å². The molecule has 2 N–H and O–H groups in total. The lowest BCUT2D eigenvalue weighted by atomic mass is 10.3. The lowest BCUT2D eigenvalue weighted by Crippen LogP contribution is -2.13. The first-order chi connectivity index (χ1) is 9.78. The Morgan fingerprint density at radius 3 is 2.43 bits per heavy atom. The molecule has 0 aliphatic heterocycles. The van der Waals surface area contributed by atoms with Crippen molar-refractivity contribution in [3.8, 4) is 0 Å². The summed E-state index contributed by atoms with van der Waals surface area (Å²) in [5.74, 6) is -0.248. The van der Waals surface area contributed by atoms with Crippen LogP contribution in [0.3, 0.4) is 0 Å². The van der Waals surface area contributed by atoms with Gasteiger partial charge in [0.2, 0.25) is 5.91 Å². The number of benzene rings is 1. The molecule has 1 aromatic heterocycles. The number of carbonyl (C=O) groups is 1. The Balaban J connectivity index is 2.28. The maximum Gasteiger partial charge on any atom is 0.264 e. The van der Waals surface area contributed by atoms with Crippen molar-refractivity contribution in [2.24, 2.45) is 0 Å². The zero-order chi connectivity index (χ0) is 15.6. The van der Waals surface area contributed by atoms with E-state index in [4.69, 9.17) is 23.2 Å². The highest BCUT2D eigenvalue weighted by Crippen LogP contribution is 2.35. The quantitative estimate of drug-likeness (QED) is 0.865. The van der Waals surface area contributed by atoms with E-state index < -0.39 is 10.0 Å². The highest BCUT2D eigenvalue weighted by Gasteiger charge is 2.21. The highest BCUT2D eigenvalue weighted by molar-refractivity contribution is 7.93. The maximum atomic E-state index is 12.2. The number of amides is 1. The van der Waals surface area contributed by atoms with Crippen LogP contribution < -0.4 is 10.0 Å². The van der Waals surface area contributed by atoms with E-state index >= 15 is 0 Å². The zero-order valence-electron chi connectivity index (χ0n) is 10.7. The first kappa shape index (κ1) is 16.1. The first-order valence-electron chi connectivity index (χ1n) is 5.63. The van der Waals surface area contributed by atoms with Crippen LogP contribution in [0, 0.1) is 0 Å². The molecule has 21 heavy (non-hydrogen) atoms. The van der Waals surface area contributed by atoms with Crippen molar-refractivity contribution >= 4 is 61.8 Å². The summed E-state index contributed by atoms with van der Waals surface area (Å²) in [6, 6.07) is 7.61. The molecular weight excluding hydrogens is 355 g/mol. The Morgan fingerprint density at radius 2 is 1.86 bits per heavy atom. The lowest BCUT2D eigenvalue weighted by Gasteiger charge is -2.09. The molecule has 1 aromatic carbocycles. The van der Waals surface area contributed by atoms with E-state index in [-0.39, 0.29) is 19.5 Å². The number of hydrogen-bond acceptors (Lipinski definition) is 4. The van der Waals surface area contributed by atoms with Gasteiger partial charge in [0.15, 0.2) is 0 Å². The van der Waals surface area contributed by atoms with Crippen LogP contribution in [0.2, 0.25) is 8.67 Å². The Kier molecular flexibility index (Phi) is 4.77. The molecule has 0 atom stereocenters. The van der Waals surface area contributed by atoms with Gasteiger partial charge in [0.1, 0.15) is 9.23 Å². The predicted octanol–water partition coefficient (Wildman–Crippen LogP) is 3.81. The molecular formula is C12H10Cl2N2O3S2. The van der Waals surface area contributed by atoms with Crippen molar-refractivity contribution in [1.29, 1.82) is 0 Å². The van der Waals surface area contributed by atoms with Crippen molar-refractivity contribution in [3.63, 3.8) is 0 Å². The minimum Gasteiger partial charge on any atom is -0.326 e. The number of anilines is 2. The fourth-order valence-electron chi connectivity index (χ4n) is 1.58. The van der Waals surface area contributed by atoms with Gasteiger partial charge < -0.3 is 5.32 Å². The highest BCUT2D eigenvalue weighted by atomic mass is 35.5. The number of rotatable bonds is 4. The van der Waals surface area contributed by atoms with Crippen molar-refractivity contribution in [2.45, 2.75) is 11.8 Å². The summed E-state index contributed by atoms with van der Waals surface area (Å²) in [6.45, 7) is 1.37. The maximum absolute atomic E-state index is 12.2. The van der Waals surface area contributed by atoms with Gasteiger partial charge in [-0.15, -0.1) is 11.3 Å². The number of nitrogens with one attached hydrogen (secondary N) is 2. The van der Waals surface area contributed by atoms with Gasteiger partial charge in [-0.3, -0.25) is 9.52 Å². The largest absolute Gasteiger partial charge is 0.326 e. The summed E-state index contributed by atoms with van der Waals surface area (Å²) >= 11 is 12.6. The minimum absolute atomic E-state index is 0.0795. The minimum atomic E-state index is -3.84. The smallest absolute Gasteiger partial charge is 0.264 e. The monoisotopic (exact) mass is 364 g/mol. The van der Waals surface area contributed by atoms with Crippen LogP contribution >= 0.6 is 34.5 Å². The number of thiophene rings is 1. The summed E-state index contributed by atoms with van der Waals surface area (Å²) in [7, 11) is -3.84. The van der Waals surface area contributed by atoms with Crippen LogP contribution in [0.1, 0.15) is 6.92 Å². The van der Waals surface area contributed by atoms with Crippen molar-refractivity contribution in [2.75, 3.05) is 10.0 Å². The zero-order valence-corrected chi connectivity index (χ0v) is 13.8. The van der Waals surface area contributed by atoms with E-state index in [0.29, 0.717) is 11.4 Å². The first-order valence-corrected chi connectivity index (χ1v) is 8.69. The van der Waals surface area contributed by atoms with Gasteiger partial charge in [-0.25, -0.2) is 8.42 Å². The van der Waals surface area contributed by atoms with Crippen molar-refractivity contribution < 1.29 is 13.2 Å². The number of halogens is 2. The predicted molar refractivity (Wildman–Crippen MR) is 85.9 cm³/mol. The normalized spacial score (nSPS) is 11.2. The summed E-state index contributed by atoms with van der Waals surface area (Å²) in [6.07, 6.45) is 0. The van der Waals surface area contributed by atoms with Gasteiger partial charge in [-0.1, -0.05) is 29.3 Å². The molecule has 1 heterocycles. The summed E-state index contributed by atoms with van der Waals surface area (Å²) in [5.41, 5.74) is 0.789. The van der Waals surface area contributed by atoms with E-state index in [0.717, 1.165) is 11.3 Å². The molecule has 0 fully saturated rings. The number of carbonyl (C=O) groups excluding carboxylic acids is 1. The molecule has 0 saturated heterocycles. The SMILES string of the molecule is CC(=O)Nc1cccc(NS(=O)(=O)c2cc(Cl)sc2Cl)c1. The van der Waals surface area contributed by atoms with Crippen LogP contribution in [0.15, 0.2) is 35.2 Å². The second-order valence-corrected chi connectivity index (χ2v) is 7.99. The summed E-state index contributed by atoms with van der Waals surface area (Å²) in [4.78, 5) is 10.9. The van der Waals surface area contributed by atoms with Crippen LogP contribution in [-0.2, 0) is 14.8 Å². The standard InChI is InChI=1S/C12H10Cl2N2O3S2/c1-7(17)15-8-3-2-4-9(5-8)16-21(18,19)10-6-11(13)20-12(10)14/h2-6,16H,1H3,(H,15,17). The van der Waals surface area contributed by atoms with Crippen LogP contribution in [0.4, 0.5) is 11.4 Å². The molecule has 0 radical (unpaired) electrons. The second-order valence-electron chi connectivity index (χ2n) is 4.06. The molecule has 0 bridgehead atoms. The Hall–Kier alpha value is -1.28. The summed E-state index contributed by atoms with van der Waals surface area (Å²) < 4.78 is 27.2. The molecule has 0 aliphatic rings. The molecule has 2 aromatic rings. The van der Waals surface area contributed by atoms with Gasteiger partial charge >= 0.3 is 0 Å². The van der Waals surface area contributed by atoms with Crippen LogP contribution in [0.25, 0.3) is 0 Å². The van der Waals surface area contributed by atoms with Crippen molar-refractivity contribution in [1.82, 2.24) is 0 Å². The van der Waals surface area contributed by atoms with Crippen LogP contribution in [0.5, 0.6) is 0 Å². The second kappa shape index (κ2) is 6.23. The van der Waals surface area contributed by atoms with Crippen molar-refractivity contribution in [3.05, 3.63) is 39.0 Å². The molecule has 0 spiro atoms. The fraction of sp³-hybridized carbons (Fsp3) is 0.0833. The Bertz CT molecular complexity index is 788. The lowest BCUT2D eigenvalue weighted by molar-refractivity contribution is -0.114. The molecule has 0 saturated carbocycles. The summed E-state index contributed by atoms with van der Waals surface area (Å²) in [5, 5.41) is 2.57. The van der Waals surface area contributed by atoms with E-state index in [1.165, 1.54) is 19.1 Å². The number of hydrogen-bond donors (Lipinski definition) is 2. The topological polar surface area (TPSA) is 75.3 Å². The van der Waals surface area contributed by atoms with Crippen LogP contribution in [-0.4, -0.2) is 14.3 Å². The third-order valence-electron chi connectivity index (χ3n) is 2.35. The van der Waals surface area contributed by atoms with Gasteiger partial charge in [0.25, 0.3) is 10.0 Å². The van der Waals surface area contributed by atoms with E-state index in [1.807, 2.05) is 0 Å². The molecule has 1 amide bonds. The molecule has 9 heteroatoms. The third kappa shape index (κ3) is 4.10. The van der Waals surface area contributed by atoms with Gasteiger partial charge in [0, 0.05) is 12.6 Å². The average molecular weight is 365 g/mol.